The van der Waals surface area contributed by atoms with Gasteiger partial charge in [0.25, 0.3) is 0 Å². The molecule has 0 spiro atoms. The van der Waals surface area contributed by atoms with Gasteiger partial charge in [0.15, 0.2) is 0 Å². The van der Waals surface area contributed by atoms with Gasteiger partial charge in [0, 0.05) is 12.1 Å². The molecule has 0 aromatic carbocycles. The number of nitrogens with one attached hydrogen (secondary N) is 1. The number of hydrogen-bond donors (Lipinski definition) is 1. The molecular weight excluding hydrogens is 178 g/mol. The largest absolute Gasteiger partial charge is 0.350 e. The van der Waals surface area contributed by atoms with E-state index in [-0.39, 0.29) is 0 Å². The van der Waals surface area contributed by atoms with Crippen molar-refractivity contribution in [3.63, 3.8) is 0 Å². The van der Waals surface area contributed by atoms with Crippen LogP contribution in [-0.2, 0) is 0 Å². The lowest BCUT2D eigenvalue weighted by molar-refractivity contribution is 0.931. The second-order valence-electron chi connectivity index (χ2n) is 2.40. The van der Waals surface area contributed by atoms with Gasteiger partial charge in [0.2, 0.25) is 0 Å². The average Bonchev–Trinajstić information content (AvgIpc) is 2.20. The van der Waals surface area contributed by atoms with Gasteiger partial charge in [0.05, 0.1) is 4.99 Å². The van der Waals surface area contributed by atoms with Crippen molar-refractivity contribution in [1.29, 1.82) is 0 Å². The third-order valence-electron chi connectivity index (χ3n) is 1.69. The first-order chi connectivity index (χ1) is 6.27. The van der Waals surface area contributed by atoms with E-state index in [1.807, 2.05) is 19.9 Å². The highest BCUT2D eigenvalue weighted by Crippen LogP contribution is 2.16. The molecule has 0 saturated heterocycles. The molecule has 0 aliphatic carbocycles. The zero-order valence-electron chi connectivity index (χ0n) is 8.39. The number of allylic oxidation sites excluding steroid dienone is 3. The Morgan fingerprint density at radius 2 is 1.85 bits per heavy atom. The Labute approximate surface area is 86.2 Å². The van der Waals surface area contributed by atoms with Crippen molar-refractivity contribution in [3.05, 3.63) is 36.6 Å². The van der Waals surface area contributed by atoms with Gasteiger partial charge in [-0.3, -0.25) is 0 Å². The standard InChI is InChI=1S/C9H11NS.C2H6/c1-3-7-5-6-9(11)10-8(7)4-2;1-2/h3-4H,1-2,5-6H2,(H,10,11);1-2H3. The molecule has 0 atom stereocenters. The van der Waals surface area contributed by atoms with Crippen LogP contribution in [0.3, 0.4) is 0 Å². The summed E-state index contributed by atoms with van der Waals surface area (Å²) in [5.41, 5.74) is 2.21. The normalized spacial score (nSPS) is 15.4. The van der Waals surface area contributed by atoms with Crippen LogP contribution in [0.25, 0.3) is 0 Å². The SMILES string of the molecule is C=CC1=C(C=C)NC(=S)CC1.CC. The Morgan fingerprint density at radius 1 is 1.23 bits per heavy atom. The third-order valence-corrected chi connectivity index (χ3v) is 2.00. The molecule has 1 aliphatic heterocycles. The van der Waals surface area contributed by atoms with E-state index in [0.717, 1.165) is 23.5 Å². The smallest absolute Gasteiger partial charge is 0.0800 e. The lowest BCUT2D eigenvalue weighted by Crippen LogP contribution is -2.24. The van der Waals surface area contributed by atoms with E-state index < -0.39 is 0 Å². The Morgan fingerprint density at radius 3 is 2.31 bits per heavy atom. The fraction of sp³-hybridized carbons (Fsp3) is 0.364. The van der Waals surface area contributed by atoms with E-state index >= 15 is 0 Å². The van der Waals surface area contributed by atoms with Crippen molar-refractivity contribution in [3.8, 4) is 0 Å². The van der Waals surface area contributed by atoms with Gasteiger partial charge in [-0.2, -0.15) is 0 Å². The summed E-state index contributed by atoms with van der Waals surface area (Å²) in [6, 6.07) is 0. The molecule has 0 amide bonds. The number of rotatable bonds is 2. The number of thiocarbonyl (C=S) groups is 1. The molecule has 2 heteroatoms. The van der Waals surface area contributed by atoms with Gasteiger partial charge in [-0.05, 0) is 18.1 Å². The summed E-state index contributed by atoms with van der Waals surface area (Å²) < 4.78 is 0. The monoisotopic (exact) mass is 195 g/mol. The van der Waals surface area contributed by atoms with E-state index in [1.54, 1.807) is 6.08 Å². The molecule has 1 rings (SSSR count). The molecule has 0 aromatic heterocycles. The summed E-state index contributed by atoms with van der Waals surface area (Å²) in [6.45, 7) is 11.4. The van der Waals surface area contributed by atoms with Crippen molar-refractivity contribution in [1.82, 2.24) is 5.32 Å². The highest BCUT2D eigenvalue weighted by Gasteiger charge is 2.09. The second-order valence-corrected chi connectivity index (χ2v) is 2.89. The van der Waals surface area contributed by atoms with E-state index in [0.29, 0.717) is 0 Å². The Balaban J connectivity index is 0.000000671. The molecule has 0 radical (unpaired) electrons. The van der Waals surface area contributed by atoms with Crippen LogP contribution in [0.1, 0.15) is 26.7 Å². The highest BCUT2D eigenvalue weighted by atomic mass is 32.1. The molecular formula is C11H17NS. The maximum Gasteiger partial charge on any atom is 0.0800 e. The summed E-state index contributed by atoms with van der Waals surface area (Å²) in [7, 11) is 0. The summed E-state index contributed by atoms with van der Waals surface area (Å²) >= 11 is 5.02. The van der Waals surface area contributed by atoms with Crippen LogP contribution in [0.5, 0.6) is 0 Å². The van der Waals surface area contributed by atoms with Crippen LogP contribution < -0.4 is 5.32 Å². The van der Waals surface area contributed by atoms with E-state index in [4.69, 9.17) is 12.2 Å². The minimum atomic E-state index is 0.894. The van der Waals surface area contributed by atoms with Crippen LogP contribution >= 0.6 is 12.2 Å². The van der Waals surface area contributed by atoms with Gasteiger partial charge in [0.1, 0.15) is 0 Å². The van der Waals surface area contributed by atoms with Crippen LogP contribution in [0, 0.1) is 0 Å². The van der Waals surface area contributed by atoms with E-state index in [1.165, 1.54) is 5.57 Å². The fourth-order valence-electron chi connectivity index (χ4n) is 1.07. The average molecular weight is 195 g/mol. The molecule has 1 N–H and O–H groups in total. The molecule has 1 heterocycles. The Kier molecular flexibility index (Phi) is 6.15. The molecule has 0 saturated carbocycles. The third kappa shape index (κ3) is 3.55. The van der Waals surface area contributed by atoms with Gasteiger partial charge in [-0.1, -0.05) is 45.3 Å². The zero-order chi connectivity index (χ0) is 10.3. The van der Waals surface area contributed by atoms with Crippen LogP contribution in [0.15, 0.2) is 36.6 Å². The van der Waals surface area contributed by atoms with Gasteiger partial charge >= 0.3 is 0 Å². The first-order valence-electron chi connectivity index (χ1n) is 4.56. The van der Waals surface area contributed by atoms with E-state index in [9.17, 15) is 0 Å². The summed E-state index contributed by atoms with van der Waals surface area (Å²) in [5.74, 6) is 0. The number of hydrogen-bond acceptors (Lipinski definition) is 1. The van der Waals surface area contributed by atoms with Gasteiger partial charge < -0.3 is 5.32 Å². The molecule has 0 fully saturated rings. The van der Waals surface area contributed by atoms with E-state index in [2.05, 4.69) is 18.5 Å². The molecule has 72 valence electrons. The van der Waals surface area contributed by atoms with Crippen molar-refractivity contribution in [2.24, 2.45) is 0 Å². The predicted molar refractivity (Wildman–Crippen MR) is 63.7 cm³/mol. The van der Waals surface area contributed by atoms with Crippen molar-refractivity contribution in [2.45, 2.75) is 26.7 Å². The van der Waals surface area contributed by atoms with Crippen molar-refractivity contribution >= 4 is 17.2 Å². The van der Waals surface area contributed by atoms with Crippen LogP contribution in [0.4, 0.5) is 0 Å². The molecule has 1 nitrogen and oxygen atoms in total. The maximum absolute atomic E-state index is 5.02. The van der Waals surface area contributed by atoms with Crippen molar-refractivity contribution in [2.75, 3.05) is 0 Å². The summed E-state index contributed by atoms with van der Waals surface area (Å²) in [6.07, 6.45) is 5.54. The Bertz CT molecular complexity index is 238. The predicted octanol–water partition coefficient (Wildman–Crippen LogP) is 3.35. The minimum absolute atomic E-state index is 0.894. The highest BCUT2D eigenvalue weighted by molar-refractivity contribution is 7.80. The minimum Gasteiger partial charge on any atom is -0.350 e. The van der Waals surface area contributed by atoms with Crippen LogP contribution in [-0.4, -0.2) is 4.99 Å². The topological polar surface area (TPSA) is 12.0 Å². The van der Waals surface area contributed by atoms with Crippen molar-refractivity contribution < 1.29 is 0 Å². The maximum atomic E-state index is 5.02. The van der Waals surface area contributed by atoms with Gasteiger partial charge in [-0.25, -0.2) is 0 Å². The lowest BCUT2D eigenvalue weighted by atomic mass is 10.0. The molecule has 0 bridgehead atoms. The first-order valence-corrected chi connectivity index (χ1v) is 4.96. The second kappa shape index (κ2) is 6.61. The zero-order valence-corrected chi connectivity index (χ0v) is 9.21. The summed E-state index contributed by atoms with van der Waals surface area (Å²) in [4.78, 5) is 0.894. The Hall–Kier alpha value is -0.890. The fourth-order valence-corrected chi connectivity index (χ4v) is 1.28. The summed E-state index contributed by atoms with van der Waals surface area (Å²) in [5, 5.41) is 3.09. The molecule has 0 aromatic rings. The van der Waals surface area contributed by atoms with Gasteiger partial charge in [-0.15, -0.1) is 0 Å². The van der Waals surface area contributed by atoms with Crippen LogP contribution in [0.2, 0.25) is 0 Å². The molecule has 13 heavy (non-hydrogen) atoms. The molecule has 0 unspecified atom stereocenters. The quantitative estimate of drug-likeness (QED) is 0.678. The molecule has 1 aliphatic rings. The lowest BCUT2D eigenvalue weighted by Gasteiger charge is -2.18. The first kappa shape index (κ1) is 12.1.